The maximum absolute atomic E-state index is 10.8. The lowest BCUT2D eigenvalue weighted by Crippen LogP contribution is -1.92. The fourth-order valence-electron chi connectivity index (χ4n) is 1.38. The molecule has 82 valence electrons. The van der Waals surface area contributed by atoms with Crippen molar-refractivity contribution in [3.8, 4) is 0 Å². The second-order valence-electron chi connectivity index (χ2n) is 2.96. The number of rotatable bonds is 2. The van der Waals surface area contributed by atoms with Gasteiger partial charge in [-0.05, 0) is 6.07 Å². The van der Waals surface area contributed by atoms with Crippen molar-refractivity contribution in [3.05, 3.63) is 38.2 Å². The highest BCUT2D eigenvalue weighted by Crippen LogP contribution is 2.40. The van der Waals surface area contributed by atoms with E-state index in [1.807, 2.05) is 0 Å². The minimum absolute atomic E-state index is 0.0696. The van der Waals surface area contributed by atoms with Crippen LogP contribution < -0.4 is 0 Å². The van der Waals surface area contributed by atoms with Crippen molar-refractivity contribution in [2.45, 2.75) is 0 Å². The molecule has 0 aliphatic heterocycles. The summed E-state index contributed by atoms with van der Waals surface area (Å²) in [6.45, 7) is 0. The summed E-state index contributed by atoms with van der Waals surface area (Å²) in [5, 5.41) is 19.7. The van der Waals surface area contributed by atoms with Crippen molar-refractivity contribution in [3.63, 3.8) is 0 Å². The minimum atomic E-state index is -1.18. The van der Waals surface area contributed by atoms with Gasteiger partial charge in [0.2, 0.25) is 0 Å². The normalized spacial score (nSPS) is 10.6. The predicted molar refractivity (Wildman–Crippen MR) is 60.4 cm³/mol. The van der Waals surface area contributed by atoms with E-state index in [2.05, 4.69) is 0 Å². The molecule has 2 rings (SSSR count). The number of halogens is 1. The lowest BCUT2D eigenvalue weighted by Gasteiger charge is -1.93. The van der Waals surface area contributed by atoms with Gasteiger partial charge in [-0.25, -0.2) is 4.79 Å². The Morgan fingerprint density at radius 1 is 1.50 bits per heavy atom. The van der Waals surface area contributed by atoms with Crippen molar-refractivity contribution in [2.24, 2.45) is 0 Å². The molecule has 0 fully saturated rings. The summed E-state index contributed by atoms with van der Waals surface area (Å²) in [6.07, 6.45) is 0. The van der Waals surface area contributed by atoms with Crippen LogP contribution in [0.15, 0.2) is 18.2 Å². The molecule has 0 amide bonds. The number of carbonyl (C=O) groups is 1. The summed E-state index contributed by atoms with van der Waals surface area (Å²) in [6, 6.07) is 4.40. The predicted octanol–water partition coefficient (Wildman–Crippen LogP) is 3.16. The Bertz CT molecular complexity index is 607. The van der Waals surface area contributed by atoms with Gasteiger partial charge in [0, 0.05) is 10.8 Å². The lowest BCUT2D eigenvalue weighted by atomic mass is 10.2. The number of benzene rings is 1. The molecule has 0 unspecified atom stereocenters. The highest BCUT2D eigenvalue weighted by molar-refractivity contribution is 7.21. The van der Waals surface area contributed by atoms with E-state index in [-0.39, 0.29) is 21.0 Å². The summed E-state index contributed by atoms with van der Waals surface area (Å²) in [7, 11) is 0. The second-order valence-corrected chi connectivity index (χ2v) is 4.39. The van der Waals surface area contributed by atoms with Gasteiger partial charge in [-0.2, -0.15) is 0 Å². The summed E-state index contributed by atoms with van der Waals surface area (Å²) in [5.41, 5.74) is -0.175. The molecule has 2 aromatic rings. The van der Waals surface area contributed by atoms with Gasteiger partial charge < -0.3 is 5.11 Å². The molecule has 0 saturated heterocycles. The van der Waals surface area contributed by atoms with Crippen molar-refractivity contribution in [1.29, 1.82) is 0 Å². The van der Waals surface area contributed by atoms with Gasteiger partial charge in [-0.3, -0.25) is 10.1 Å². The monoisotopic (exact) mass is 257 g/mol. The average Bonchev–Trinajstić information content (AvgIpc) is 2.56. The van der Waals surface area contributed by atoms with Gasteiger partial charge in [0.1, 0.15) is 4.88 Å². The molecule has 0 atom stereocenters. The van der Waals surface area contributed by atoms with E-state index in [1.54, 1.807) is 6.07 Å². The summed E-state index contributed by atoms with van der Waals surface area (Å²) in [5.74, 6) is -1.18. The van der Waals surface area contributed by atoms with Crippen LogP contribution in [-0.2, 0) is 0 Å². The largest absolute Gasteiger partial charge is 0.477 e. The van der Waals surface area contributed by atoms with E-state index in [9.17, 15) is 14.9 Å². The molecule has 0 bridgehead atoms. The molecular formula is C9H4ClNO4S. The number of nitro groups is 1. The van der Waals surface area contributed by atoms with Gasteiger partial charge >= 0.3 is 5.97 Å². The molecular weight excluding hydrogens is 254 g/mol. The Hall–Kier alpha value is -1.66. The summed E-state index contributed by atoms with van der Waals surface area (Å²) in [4.78, 5) is 20.9. The molecule has 0 radical (unpaired) electrons. The van der Waals surface area contributed by atoms with E-state index in [1.165, 1.54) is 12.1 Å². The quantitative estimate of drug-likeness (QED) is 0.662. The third-order valence-corrected chi connectivity index (χ3v) is 3.66. The van der Waals surface area contributed by atoms with E-state index < -0.39 is 10.9 Å². The number of carboxylic acid groups (broad SMARTS) is 1. The second kappa shape index (κ2) is 3.73. The standard InChI is InChI=1S/C9H4ClNO4S/c10-7-6-4(11(14)15)2-1-3-5(6)16-8(7)9(12)13/h1-3H,(H,12,13). The minimum Gasteiger partial charge on any atom is -0.477 e. The van der Waals surface area contributed by atoms with Crippen LogP contribution in [0, 0.1) is 10.1 Å². The lowest BCUT2D eigenvalue weighted by molar-refractivity contribution is -0.383. The Morgan fingerprint density at radius 2 is 2.19 bits per heavy atom. The van der Waals surface area contributed by atoms with Crippen molar-refractivity contribution in [1.82, 2.24) is 0 Å². The molecule has 0 saturated carbocycles. The number of aromatic carboxylic acids is 1. The summed E-state index contributed by atoms with van der Waals surface area (Å²) >= 11 is 6.75. The number of thiophene rings is 1. The van der Waals surface area contributed by atoms with E-state index in [4.69, 9.17) is 16.7 Å². The smallest absolute Gasteiger partial charge is 0.347 e. The first-order valence-electron chi connectivity index (χ1n) is 4.11. The highest BCUT2D eigenvalue weighted by atomic mass is 35.5. The van der Waals surface area contributed by atoms with Crippen LogP contribution in [0.5, 0.6) is 0 Å². The molecule has 16 heavy (non-hydrogen) atoms. The fraction of sp³-hybridized carbons (Fsp3) is 0. The third-order valence-electron chi connectivity index (χ3n) is 2.03. The van der Waals surface area contributed by atoms with Crippen LogP contribution in [0.4, 0.5) is 5.69 Å². The molecule has 0 aliphatic carbocycles. The van der Waals surface area contributed by atoms with Crippen LogP contribution in [0.1, 0.15) is 9.67 Å². The SMILES string of the molecule is O=C(O)c1sc2cccc([N+](=O)[O-])c2c1Cl. The van der Waals surface area contributed by atoms with Crippen LogP contribution in [0.3, 0.4) is 0 Å². The number of hydrogen-bond acceptors (Lipinski definition) is 4. The Labute approximate surface area is 98.0 Å². The maximum Gasteiger partial charge on any atom is 0.347 e. The van der Waals surface area contributed by atoms with Gasteiger partial charge in [-0.1, -0.05) is 17.7 Å². The van der Waals surface area contributed by atoms with Gasteiger partial charge in [0.05, 0.1) is 15.3 Å². The number of nitrogens with zero attached hydrogens (tertiary/aromatic N) is 1. The molecule has 7 heteroatoms. The van der Waals surface area contributed by atoms with Crippen LogP contribution in [0.2, 0.25) is 5.02 Å². The van der Waals surface area contributed by atoms with Crippen LogP contribution in [0.25, 0.3) is 10.1 Å². The molecule has 1 aromatic carbocycles. The van der Waals surface area contributed by atoms with Gasteiger partial charge in [-0.15, -0.1) is 11.3 Å². The zero-order chi connectivity index (χ0) is 11.9. The number of hydrogen-bond donors (Lipinski definition) is 1. The van der Waals surface area contributed by atoms with Crippen molar-refractivity contribution < 1.29 is 14.8 Å². The summed E-state index contributed by atoms with van der Waals surface area (Å²) < 4.78 is 0.497. The average molecular weight is 258 g/mol. The van der Waals surface area contributed by atoms with Gasteiger partial charge in [0.25, 0.3) is 5.69 Å². The first-order chi connectivity index (χ1) is 7.52. The van der Waals surface area contributed by atoms with Crippen molar-refractivity contribution >= 4 is 44.7 Å². The molecule has 1 heterocycles. The zero-order valence-electron chi connectivity index (χ0n) is 7.64. The fourth-order valence-corrected chi connectivity index (χ4v) is 2.79. The van der Waals surface area contributed by atoms with E-state index >= 15 is 0 Å². The number of carboxylic acids is 1. The maximum atomic E-state index is 10.8. The molecule has 1 aromatic heterocycles. The molecule has 5 nitrogen and oxygen atoms in total. The van der Waals surface area contributed by atoms with E-state index in [0.717, 1.165) is 11.3 Å². The number of fused-ring (bicyclic) bond motifs is 1. The molecule has 0 spiro atoms. The first-order valence-corrected chi connectivity index (χ1v) is 5.30. The molecule has 1 N–H and O–H groups in total. The van der Waals surface area contributed by atoms with Crippen LogP contribution >= 0.6 is 22.9 Å². The van der Waals surface area contributed by atoms with Crippen LogP contribution in [-0.4, -0.2) is 16.0 Å². The highest BCUT2D eigenvalue weighted by Gasteiger charge is 2.22. The van der Waals surface area contributed by atoms with E-state index in [0.29, 0.717) is 4.70 Å². The topological polar surface area (TPSA) is 80.4 Å². The molecule has 0 aliphatic rings. The number of nitro benzene ring substituents is 1. The Morgan fingerprint density at radius 3 is 2.75 bits per heavy atom. The first kappa shape index (κ1) is 10.8. The number of non-ortho nitro benzene ring substituents is 1. The Balaban J connectivity index is 2.87. The Kier molecular flexibility index (Phi) is 2.53. The van der Waals surface area contributed by atoms with Gasteiger partial charge in [0.15, 0.2) is 0 Å². The zero-order valence-corrected chi connectivity index (χ0v) is 9.21. The van der Waals surface area contributed by atoms with Crippen molar-refractivity contribution in [2.75, 3.05) is 0 Å². The third kappa shape index (κ3) is 1.52.